The summed E-state index contributed by atoms with van der Waals surface area (Å²) in [5.41, 5.74) is 17.7. The summed E-state index contributed by atoms with van der Waals surface area (Å²) in [6, 6.07) is 108. The molecular weight excluding hydrogens is 1020 g/mol. The van der Waals surface area contributed by atoms with Gasteiger partial charge in [0.15, 0.2) is 0 Å². The van der Waals surface area contributed by atoms with Crippen molar-refractivity contribution in [2.24, 2.45) is 0 Å². The quantitative estimate of drug-likeness (QED) is 0.128. The Balaban J connectivity index is 0.964. The van der Waals surface area contributed by atoms with Gasteiger partial charge in [-0.05, 0) is 154 Å². The van der Waals surface area contributed by atoms with Gasteiger partial charge < -0.3 is 18.9 Å². The van der Waals surface area contributed by atoms with Gasteiger partial charge in [0.2, 0.25) is 0 Å². The highest BCUT2D eigenvalue weighted by Crippen LogP contribution is 2.51. The molecule has 16 rings (SSSR count). The number of rotatable bonds is 10. The summed E-state index contributed by atoms with van der Waals surface area (Å²) in [6.45, 7) is 0. The van der Waals surface area contributed by atoms with Crippen molar-refractivity contribution in [1.82, 2.24) is 9.13 Å². The van der Waals surface area contributed by atoms with Crippen molar-refractivity contribution in [1.29, 1.82) is 10.5 Å². The normalized spacial score (nSPS) is 11.5. The first kappa shape index (κ1) is 48.2. The fourth-order valence-corrected chi connectivity index (χ4v) is 13.2. The second-order valence-corrected chi connectivity index (χ2v) is 21.5. The van der Waals surface area contributed by atoms with Crippen molar-refractivity contribution in [2.75, 3.05) is 9.80 Å². The number of para-hydroxylation sites is 4. The van der Waals surface area contributed by atoms with Gasteiger partial charge in [-0.25, -0.2) is 0 Å². The van der Waals surface area contributed by atoms with E-state index < -0.39 is 0 Å². The first-order valence-corrected chi connectivity index (χ1v) is 28.3. The summed E-state index contributed by atoms with van der Waals surface area (Å²) in [5.74, 6) is 0. The van der Waals surface area contributed by atoms with Crippen LogP contribution >= 0.6 is 0 Å². The third-order valence-electron chi connectivity index (χ3n) is 16.9. The maximum Gasteiger partial charge on any atom is 0.0991 e. The lowest BCUT2D eigenvalue weighted by Gasteiger charge is -2.31. The predicted molar refractivity (Wildman–Crippen MR) is 348 cm³/mol. The number of hydrogen-bond acceptors (Lipinski definition) is 4. The number of nitriles is 2. The Morgan fingerprint density at radius 3 is 1.05 bits per heavy atom. The lowest BCUT2D eigenvalue weighted by molar-refractivity contribution is 1.18. The minimum absolute atomic E-state index is 0.588. The molecule has 0 saturated heterocycles. The molecule has 16 aromatic rings. The highest BCUT2D eigenvalue weighted by atomic mass is 15.2. The van der Waals surface area contributed by atoms with Crippen molar-refractivity contribution in [3.8, 4) is 45.8 Å². The first-order valence-electron chi connectivity index (χ1n) is 28.3. The van der Waals surface area contributed by atoms with E-state index in [1.807, 2.05) is 36.4 Å². The molecule has 0 aliphatic carbocycles. The molecule has 0 aliphatic rings. The van der Waals surface area contributed by atoms with Crippen molar-refractivity contribution in [3.63, 3.8) is 0 Å². The maximum atomic E-state index is 10.4. The summed E-state index contributed by atoms with van der Waals surface area (Å²) >= 11 is 0. The standard InChI is InChI=1S/C78H48N6/c79-49-51-29-39-73(65(45-51)53-17-5-1-6-18-53)83(59-35-43-75-67(47-59)61-25-13-15-27-69(61)81(75)57-21-9-3-10-22-57)71-41-33-55-32-38-64-72(42-34-56-31-37-63(71)77(55)78(56)64)84(74-40-30-52(50-80)46-66(74)54-19-7-2-8-20-54)60-36-44-76-68(48-60)62-26-14-16-28-70(62)82(76)58-23-11-4-12-24-58/h1-48H. The fraction of sp³-hybridized carbons (Fsp3) is 0. The highest BCUT2D eigenvalue weighted by Gasteiger charge is 2.27. The van der Waals surface area contributed by atoms with E-state index in [0.29, 0.717) is 11.1 Å². The summed E-state index contributed by atoms with van der Waals surface area (Å²) in [7, 11) is 0. The van der Waals surface area contributed by atoms with E-state index in [0.717, 1.165) is 144 Å². The van der Waals surface area contributed by atoms with Crippen LogP contribution in [0.25, 0.3) is 110 Å². The second-order valence-electron chi connectivity index (χ2n) is 21.5. The highest BCUT2D eigenvalue weighted by molar-refractivity contribution is 6.28. The van der Waals surface area contributed by atoms with Gasteiger partial charge in [-0.1, -0.05) is 170 Å². The van der Waals surface area contributed by atoms with Crippen molar-refractivity contribution in [2.45, 2.75) is 0 Å². The van der Waals surface area contributed by atoms with Crippen LogP contribution in [0.5, 0.6) is 0 Å². The smallest absolute Gasteiger partial charge is 0.0991 e. The van der Waals surface area contributed by atoms with E-state index in [4.69, 9.17) is 0 Å². The maximum absolute atomic E-state index is 10.4. The van der Waals surface area contributed by atoms with Gasteiger partial charge in [-0.15, -0.1) is 0 Å². The van der Waals surface area contributed by atoms with Gasteiger partial charge in [0.05, 0.1) is 68.1 Å². The van der Waals surface area contributed by atoms with Crippen LogP contribution in [0.2, 0.25) is 0 Å². The molecule has 0 saturated carbocycles. The van der Waals surface area contributed by atoms with Crippen molar-refractivity contribution < 1.29 is 0 Å². The van der Waals surface area contributed by atoms with Gasteiger partial charge in [0, 0.05) is 66.2 Å². The molecule has 0 N–H and O–H groups in total. The monoisotopic (exact) mass is 1070 g/mol. The summed E-state index contributed by atoms with van der Waals surface area (Å²) in [5, 5.41) is 32.2. The van der Waals surface area contributed by atoms with Gasteiger partial charge in [0.25, 0.3) is 0 Å². The molecule has 0 unspecified atom stereocenters. The SMILES string of the molecule is N#Cc1ccc(N(c2ccc3c(c2)c2ccccc2n3-c2ccccc2)c2ccc3ccc4c(N(c5ccc6c(c5)c5ccccc5n6-c5ccccc5)c5ccc(C#N)cc5-c5ccccc5)ccc5ccc2c3c54)c(-c2ccccc2)c1. The van der Waals surface area contributed by atoms with E-state index in [1.165, 1.54) is 0 Å². The number of aromatic nitrogens is 2. The Morgan fingerprint density at radius 2 is 0.631 bits per heavy atom. The molecular formula is C78H48N6. The Kier molecular flexibility index (Phi) is 11.2. The molecule has 2 heterocycles. The third kappa shape index (κ3) is 7.63. The minimum atomic E-state index is 0.588. The lowest BCUT2D eigenvalue weighted by Crippen LogP contribution is -2.13. The van der Waals surface area contributed by atoms with Crippen molar-refractivity contribution >= 4 is 110 Å². The third-order valence-corrected chi connectivity index (χ3v) is 16.9. The molecule has 390 valence electrons. The molecule has 6 heteroatoms. The Morgan fingerprint density at radius 1 is 0.274 bits per heavy atom. The van der Waals surface area contributed by atoms with E-state index in [1.54, 1.807) is 0 Å². The van der Waals surface area contributed by atoms with E-state index in [2.05, 4.69) is 286 Å². The summed E-state index contributed by atoms with van der Waals surface area (Å²) in [6.07, 6.45) is 0. The van der Waals surface area contributed by atoms with Crippen LogP contribution in [-0.4, -0.2) is 9.13 Å². The zero-order valence-electron chi connectivity index (χ0n) is 45.4. The Labute approximate surface area is 485 Å². The van der Waals surface area contributed by atoms with Crippen LogP contribution < -0.4 is 9.80 Å². The largest absolute Gasteiger partial charge is 0.309 e. The predicted octanol–water partition coefficient (Wildman–Crippen LogP) is 20.8. The van der Waals surface area contributed by atoms with E-state index in [-0.39, 0.29) is 0 Å². The molecule has 84 heavy (non-hydrogen) atoms. The molecule has 2 aromatic heterocycles. The minimum Gasteiger partial charge on any atom is -0.309 e. The van der Waals surface area contributed by atoms with Gasteiger partial charge in [-0.3, -0.25) is 0 Å². The molecule has 14 aromatic carbocycles. The topological polar surface area (TPSA) is 63.9 Å². The zero-order chi connectivity index (χ0) is 55.8. The number of nitrogens with zero attached hydrogens (tertiary/aromatic N) is 6. The van der Waals surface area contributed by atoms with Crippen LogP contribution in [0.4, 0.5) is 34.1 Å². The molecule has 0 bridgehead atoms. The van der Waals surface area contributed by atoms with Crippen LogP contribution in [0.1, 0.15) is 11.1 Å². The molecule has 6 nitrogen and oxygen atoms in total. The van der Waals surface area contributed by atoms with Crippen LogP contribution in [0.15, 0.2) is 291 Å². The molecule has 0 atom stereocenters. The fourth-order valence-electron chi connectivity index (χ4n) is 13.2. The Hall–Kier alpha value is -11.7. The Bertz CT molecular complexity index is 5000. The van der Waals surface area contributed by atoms with Gasteiger partial charge in [-0.2, -0.15) is 10.5 Å². The molecule has 0 aliphatic heterocycles. The molecule has 0 radical (unpaired) electrons. The lowest BCUT2D eigenvalue weighted by atomic mass is 9.91. The first-order chi connectivity index (χ1) is 41.6. The van der Waals surface area contributed by atoms with Crippen LogP contribution in [0.3, 0.4) is 0 Å². The zero-order valence-corrected chi connectivity index (χ0v) is 45.4. The average Bonchev–Trinajstić information content (AvgIpc) is 1.65. The number of fused-ring (bicyclic) bond motifs is 6. The van der Waals surface area contributed by atoms with E-state index >= 15 is 0 Å². The average molecular weight is 1070 g/mol. The van der Waals surface area contributed by atoms with Crippen LogP contribution in [-0.2, 0) is 0 Å². The molecule has 0 amide bonds. The summed E-state index contributed by atoms with van der Waals surface area (Å²) in [4.78, 5) is 4.81. The summed E-state index contributed by atoms with van der Waals surface area (Å²) < 4.78 is 4.71. The van der Waals surface area contributed by atoms with Crippen molar-refractivity contribution in [3.05, 3.63) is 302 Å². The second kappa shape index (κ2) is 19.5. The molecule has 0 spiro atoms. The van der Waals surface area contributed by atoms with E-state index in [9.17, 15) is 10.5 Å². The van der Waals surface area contributed by atoms with Crippen LogP contribution in [0, 0.1) is 22.7 Å². The van der Waals surface area contributed by atoms with Gasteiger partial charge >= 0.3 is 0 Å². The van der Waals surface area contributed by atoms with Gasteiger partial charge in [0.1, 0.15) is 0 Å². The number of benzene rings is 14. The number of hydrogen-bond donors (Lipinski definition) is 0. The molecule has 0 fully saturated rings. The number of anilines is 6.